The van der Waals surface area contributed by atoms with Gasteiger partial charge < -0.3 is 0 Å². The molecule has 0 N–H and O–H groups in total. The molecule has 2 rings (SSSR count). The first-order chi connectivity index (χ1) is 9.39. The minimum Gasteiger partial charge on any atom is -0.268 e. The summed E-state index contributed by atoms with van der Waals surface area (Å²) in [5.41, 5.74) is 2.40. The second kappa shape index (κ2) is 5.68. The molecule has 0 bridgehead atoms. The summed E-state index contributed by atoms with van der Waals surface area (Å²) in [7, 11) is 0. The fourth-order valence-electron chi connectivity index (χ4n) is 1.85. The van der Waals surface area contributed by atoms with E-state index in [0.29, 0.717) is 5.56 Å². The molecule has 0 aromatic heterocycles. The molecule has 104 valence electrons. The summed E-state index contributed by atoms with van der Waals surface area (Å²) in [6.45, 7) is 5.70. The smallest absolute Gasteiger partial charge is 0.268 e. The lowest BCUT2D eigenvalue weighted by atomic mass is 10.0. The van der Waals surface area contributed by atoms with Crippen molar-refractivity contribution in [2.75, 3.05) is 0 Å². The highest BCUT2D eigenvalue weighted by atomic mass is 35.5. The molecule has 0 unspecified atom stereocenters. The molecule has 20 heavy (non-hydrogen) atoms. The molecule has 0 aliphatic rings. The summed E-state index contributed by atoms with van der Waals surface area (Å²) in [4.78, 5) is 12.2. The van der Waals surface area contributed by atoms with E-state index in [4.69, 9.17) is 11.8 Å². The minimum absolute atomic E-state index is 0.182. The van der Waals surface area contributed by atoms with E-state index in [-0.39, 0.29) is 5.91 Å². The Labute approximate surface area is 125 Å². The van der Waals surface area contributed by atoms with Gasteiger partial charge in [-0.2, -0.15) is 0 Å². The number of nitrogens with zero attached hydrogens (tertiary/aromatic N) is 1. The van der Waals surface area contributed by atoms with Crippen molar-refractivity contribution in [3.63, 3.8) is 0 Å². The highest BCUT2D eigenvalue weighted by Gasteiger charge is 2.25. The molecule has 0 spiro atoms. The van der Waals surface area contributed by atoms with Crippen molar-refractivity contribution < 1.29 is 4.79 Å². The van der Waals surface area contributed by atoms with Crippen molar-refractivity contribution in [2.24, 2.45) is 0 Å². The molecule has 0 saturated heterocycles. The zero-order valence-corrected chi connectivity index (χ0v) is 12.7. The maximum atomic E-state index is 12.2. The predicted octanol–water partition coefficient (Wildman–Crippen LogP) is 4.75. The van der Waals surface area contributed by atoms with Gasteiger partial charge in [-0.1, -0.05) is 42.5 Å². The maximum absolute atomic E-state index is 12.2. The standard InChI is InChI=1S/C17H18ClNO/c1-17(2,3)19(18)16(20)15-11-9-14(10-12-15)13-7-5-4-6-8-13/h4-12H,1-3H3. The van der Waals surface area contributed by atoms with E-state index >= 15 is 0 Å². The number of hydrogen-bond acceptors (Lipinski definition) is 1. The summed E-state index contributed by atoms with van der Waals surface area (Å²) in [5, 5.41) is 0. The summed E-state index contributed by atoms with van der Waals surface area (Å²) in [6.07, 6.45) is 0. The normalized spacial score (nSPS) is 11.2. The van der Waals surface area contributed by atoms with Crippen molar-refractivity contribution in [1.29, 1.82) is 0 Å². The zero-order chi connectivity index (χ0) is 14.8. The third kappa shape index (κ3) is 3.20. The predicted molar refractivity (Wildman–Crippen MR) is 83.7 cm³/mol. The molecule has 0 aliphatic carbocycles. The third-order valence-electron chi connectivity index (χ3n) is 3.01. The van der Waals surface area contributed by atoms with Gasteiger partial charge in [-0.3, -0.25) is 4.79 Å². The Morgan fingerprint density at radius 2 is 1.40 bits per heavy atom. The lowest BCUT2D eigenvalue weighted by Crippen LogP contribution is -2.38. The number of hydrogen-bond donors (Lipinski definition) is 0. The Morgan fingerprint density at radius 1 is 0.900 bits per heavy atom. The number of amides is 1. The summed E-state index contributed by atoms with van der Waals surface area (Å²) in [6, 6.07) is 17.6. The number of carbonyl (C=O) groups is 1. The number of carbonyl (C=O) groups excluding carboxylic acids is 1. The molecule has 0 aliphatic heterocycles. The molecule has 2 nitrogen and oxygen atoms in total. The lowest BCUT2D eigenvalue weighted by molar-refractivity contribution is 0.0777. The van der Waals surface area contributed by atoms with Crippen LogP contribution < -0.4 is 0 Å². The quantitative estimate of drug-likeness (QED) is 0.730. The van der Waals surface area contributed by atoms with Crippen molar-refractivity contribution >= 4 is 17.7 Å². The van der Waals surface area contributed by atoms with Crippen LogP contribution in [0.3, 0.4) is 0 Å². The van der Waals surface area contributed by atoms with Crippen LogP contribution in [0.1, 0.15) is 31.1 Å². The fraction of sp³-hybridized carbons (Fsp3) is 0.235. The van der Waals surface area contributed by atoms with Gasteiger partial charge in [0.2, 0.25) is 0 Å². The van der Waals surface area contributed by atoms with E-state index in [1.807, 2.05) is 75.4 Å². The second-order valence-corrected chi connectivity index (χ2v) is 6.04. The molecule has 1 amide bonds. The lowest BCUT2D eigenvalue weighted by Gasteiger charge is -2.28. The summed E-state index contributed by atoms with van der Waals surface area (Å²) in [5.74, 6) is -0.182. The van der Waals surface area contributed by atoms with Gasteiger partial charge in [0, 0.05) is 17.3 Å². The van der Waals surface area contributed by atoms with Crippen LogP contribution in [0, 0.1) is 0 Å². The zero-order valence-electron chi connectivity index (χ0n) is 11.9. The van der Waals surface area contributed by atoms with Crippen LogP contribution >= 0.6 is 11.8 Å². The van der Waals surface area contributed by atoms with Gasteiger partial charge in [-0.15, -0.1) is 0 Å². The summed E-state index contributed by atoms with van der Waals surface area (Å²) >= 11 is 6.08. The molecule has 0 fully saturated rings. The van der Waals surface area contributed by atoms with E-state index in [9.17, 15) is 4.79 Å². The first-order valence-electron chi connectivity index (χ1n) is 6.55. The van der Waals surface area contributed by atoms with Crippen molar-refractivity contribution in [2.45, 2.75) is 26.3 Å². The first kappa shape index (κ1) is 14.6. The topological polar surface area (TPSA) is 20.3 Å². The monoisotopic (exact) mass is 287 g/mol. The number of rotatable bonds is 2. The van der Waals surface area contributed by atoms with Gasteiger partial charge >= 0.3 is 0 Å². The van der Waals surface area contributed by atoms with E-state index in [1.165, 1.54) is 4.42 Å². The van der Waals surface area contributed by atoms with Crippen LogP contribution in [-0.2, 0) is 0 Å². The average Bonchev–Trinajstić information content (AvgIpc) is 2.46. The Hall–Kier alpha value is -1.80. The molecular weight excluding hydrogens is 270 g/mol. The number of halogens is 1. The van der Waals surface area contributed by atoms with Gasteiger partial charge in [0.25, 0.3) is 5.91 Å². The molecule has 0 heterocycles. The molecule has 3 heteroatoms. The van der Waals surface area contributed by atoms with Crippen LogP contribution in [-0.4, -0.2) is 15.9 Å². The van der Waals surface area contributed by atoms with E-state index in [2.05, 4.69) is 0 Å². The van der Waals surface area contributed by atoms with Crippen LogP contribution in [0.2, 0.25) is 0 Å². The largest absolute Gasteiger partial charge is 0.268 e. The Morgan fingerprint density at radius 3 is 1.90 bits per heavy atom. The number of benzene rings is 2. The molecule has 2 aromatic carbocycles. The molecule has 0 radical (unpaired) electrons. The Bertz CT molecular complexity index is 585. The maximum Gasteiger partial charge on any atom is 0.268 e. The Kier molecular flexibility index (Phi) is 4.15. The Balaban J connectivity index is 2.23. The fourth-order valence-corrected chi connectivity index (χ4v) is 1.95. The van der Waals surface area contributed by atoms with E-state index in [1.54, 1.807) is 0 Å². The van der Waals surface area contributed by atoms with Gasteiger partial charge in [0.15, 0.2) is 0 Å². The van der Waals surface area contributed by atoms with Crippen LogP contribution in [0.25, 0.3) is 11.1 Å². The third-order valence-corrected chi connectivity index (χ3v) is 3.67. The molecular formula is C17H18ClNO. The van der Waals surface area contributed by atoms with Gasteiger partial charge in [0.05, 0.1) is 5.54 Å². The molecule has 2 aromatic rings. The molecule has 0 saturated carbocycles. The van der Waals surface area contributed by atoms with Gasteiger partial charge in [-0.25, -0.2) is 4.42 Å². The van der Waals surface area contributed by atoms with E-state index in [0.717, 1.165) is 11.1 Å². The average molecular weight is 288 g/mol. The van der Waals surface area contributed by atoms with E-state index < -0.39 is 5.54 Å². The molecule has 0 atom stereocenters. The van der Waals surface area contributed by atoms with Crippen molar-refractivity contribution in [1.82, 2.24) is 4.42 Å². The minimum atomic E-state index is -0.406. The highest BCUT2D eigenvalue weighted by molar-refractivity contribution is 6.24. The van der Waals surface area contributed by atoms with Crippen molar-refractivity contribution in [3.8, 4) is 11.1 Å². The highest BCUT2D eigenvalue weighted by Crippen LogP contribution is 2.23. The van der Waals surface area contributed by atoms with Crippen molar-refractivity contribution in [3.05, 3.63) is 60.2 Å². The van der Waals surface area contributed by atoms with Crippen LogP contribution in [0.4, 0.5) is 0 Å². The first-order valence-corrected chi connectivity index (χ1v) is 6.89. The summed E-state index contributed by atoms with van der Waals surface area (Å²) < 4.78 is 1.24. The van der Waals surface area contributed by atoms with Gasteiger partial charge in [0.1, 0.15) is 0 Å². The van der Waals surface area contributed by atoms with Gasteiger partial charge in [-0.05, 0) is 44.0 Å². The van der Waals surface area contributed by atoms with Crippen LogP contribution in [0.15, 0.2) is 54.6 Å². The second-order valence-electron chi connectivity index (χ2n) is 5.70. The SMILES string of the molecule is CC(C)(C)N(Cl)C(=O)c1ccc(-c2ccccc2)cc1. The van der Waals surface area contributed by atoms with Crippen LogP contribution in [0.5, 0.6) is 0 Å².